The quantitative estimate of drug-likeness (QED) is 0.676. The fraction of sp³-hybridized carbons (Fsp3) is 0.0952. The molecule has 0 saturated carbocycles. The maximum atomic E-state index is 12.6. The van der Waals surface area contributed by atoms with Crippen LogP contribution in [0.1, 0.15) is 21.5 Å². The average molecular weight is 315 g/mol. The number of hydrogen-bond donors (Lipinski definition) is 0. The number of hydrogen-bond acceptors (Lipinski definition) is 3. The van der Waals surface area contributed by atoms with Crippen LogP contribution in [0.5, 0.6) is 5.75 Å². The summed E-state index contributed by atoms with van der Waals surface area (Å²) in [7, 11) is 0. The van der Waals surface area contributed by atoms with Crippen molar-refractivity contribution in [1.29, 1.82) is 0 Å². The standard InChI is InChI=1S/C21H17NO2/c23-21(16-7-3-1-4-8-16)17-11-12-20-18(13-17)14-22(15-24-20)19-9-5-2-6-10-19/h1-13H,14-15H2. The molecule has 1 heterocycles. The molecule has 1 aliphatic heterocycles. The molecule has 0 fully saturated rings. The van der Waals surface area contributed by atoms with E-state index in [4.69, 9.17) is 4.74 Å². The molecule has 3 aromatic carbocycles. The summed E-state index contributed by atoms with van der Waals surface area (Å²) in [4.78, 5) is 14.8. The number of benzene rings is 3. The lowest BCUT2D eigenvalue weighted by Crippen LogP contribution is -2.31. The third-order valence-corrected chi connectivity index (χ3v) is 4.22. The van der Waals surface area contributed by atoms with Gasteiger partial charge in [-0.1, -0.05) is 48.5 Å². The number of rotatable bonds is 3. The van der Waals surface area contributed by atoms with E-state index in [2.05, 4.69) is 17.0 Å². The minimum Gasteiger partial charge on any atom is -0.473 e. The Morgan fingerprint density at radius 1 is 0.833 bits per heavy atom. The predicted molar refractivity (Wildman–Crippen MR) is 94.4 cm³/mol. The van der Waals surface area contributed by atoms with Gasteiger partial charge in [0, 0.05) is 28.9 Å². The number of carbonyl (C=O) groups excluding carboxylic acids is 1. The largest absolute Gasteiger partial charge is 0.473 e. The van der Waals surface area contributed by atoms with Crippen molar-refractivity contribution in [3.63, 3.8) is 0 Å². The van der Waals surface area contributed by atoms with Gasteiger partial charge in [-0.15, -0.1) is 0 Å². The number of fused-ring (bicyclic) bond motifs is 1. The van der Waals surface area contributed by atoms with Gasteiger partial charge in [-0.2, -0.15) is 0 Å². The van der Waals surface area contributed by atoms with Gasteiger partial charge in [0.2, 0.25) is 0 Å². The normalized spacial score (nSPS) is 13.1. The molecule has 0 radical (unpaired) electrons. The van der Waals surface area contributed by atoms with Gasteiger partial charge in [-0.05, 0) is 30.3 Å². The van der Waals surface area contributed by atoms with E-state index in [0.29, 0.717) is 17.9 Å². The molecule has 0 aliphatic carbocycles. The van der Waals surface area contributed by atoms with E-state index < -0.39 is 0 Å². The number of anilines is 1. The summed E-state index contributed by atoms with van der Waals surface area (Å²) in [6.45, 7) is 1.25. The van der Waals surface area contributed by atoms with Gasteiger partial charge in [0.25, 0.3) is 0 Å². The third-order valence-electron chi connectivity index (χ3n) is 4.22. The Kier molecular flexibility index (Phi) is 3.75. The van der Waals surface area contributed by atoms with Crippen molar-refractivity contribution in [3.8, 4) is 5.75 Å². The molecule has 0 N–H and O–H groups in total. The summed E-state index contributed by atoms with van der Waals surface area (Å²) in [6, 6.07) is 25.2. The van der Waals surface area contributed by atoms with Gasteiger partial charge in [-0.3, -0.25) is 4.79 Å². The first-order valence-corrected chi connectivity index (χ1v) is 7.97. The van der Waals surface area contributed by atoms with E-state index in [-0.39, 0.29) is 5.78 Å². The Balaban J connectivity index is 1.63. The molecule has 0 saturated heterocycles. The van der Waals surface area contributed by atoms with Crippen LogP contribution >= 0.6 is 0 Å². The summed E-state index contributed by atoms with van der Waals surface area (Å²) >= 11 is 0. The van der Waals surface area contributed by atoms with Gasteiger partial charge >= 0.3 is 0 Å². The highest BCUT2D eigenvalue weighted by molar-refractivity contribution is 6.09. The molecule has 0 bridgehead atoms. The molecule has 24 heavy (non-hydrogen) atoms. The Morgan fingerprint density at radius 2 is 1.54 bits per heavy atom. The van der Waals surface area contributed by atoms with Gasteiger partial charge in [0.15, 0.2) is 12.5 Å². The number of para-hydroxylation sites is 1. The summed E-state index contributed by atoms with van der Waals surface area (Å²) in [5.41, 5.74) is 3.54. The Morgan fingerprint density at radius 3 is 2.29 bits per heavy atom. The Hall–Kier alpha value is -3.07. The van der Waals surface area contributed by atoms with E-state index in [1.807, 2.05) is 66.7 Å². The van der Waals surface area contributed by atoms with Crippen LogP contribution in [0.3, 0.4) is 0 Å². The zero-order chi connectivity index (χ0) is 16.4. The second-order valence-corrected chi connectivity index (χ2v) is 5.82. The molecule has 0 amide bonds. The van der Waals surface area contributed by atoms with Crippen LogP contribution in [0.4, 0.5) is 5.69 Å². The van der Waals surface area contributed by atoms with E-state index in [0.717, 1.165) is 23.5 Å². The number of carbonyl (C=O) groups is 1. The Bertz CT molecular complexity index is 860. The van der Waals surface area contributed by atoms with Gasteiger partial charge in [0.1, 0.15) is 5.75 Å². The molecule has 3 heteroatoms. The summed E-state index contributed by atoms with van der Waals surface area (Å²) in [5.74, 6) is 0.891. The smallest absolute Gasteiger partial charge is 0.193 e. The molecule has 0 aromatic heterocycles. The molecule has 4 rings (SSSR count). The van der Waals surface area contributed by atoms with Crippen LogP contribution < -0.4 is 9.64 Å². The molecule has 118 valence electrons. The van der Waals surface area contributed by atoms with E-state index in [1.54, 1.807) is 0 Å². The van der Waals surface area contributed by atoms with E-state index >= 15 is 0 Å². The van der Waals surface area contributed by atoms with Crippen LogP contribution in [0.25, 0.3) is 0 Å². The molecule has 0 atom stereocenters. The average Bonchev–Trinajstić information content (AvgIpc) is 2.68. The van der Waals surface area contributed by atoms with Gasteiger partial charge in [0.05, 0.1) is 0 Å². The van der Waals surface area contributed by atoms with Gasteiger partial charge < -0.3 is 9.64 Å². The SMILES string of the molecule is O=C(c1ccccc1)c1ccc2c(c1)CN(c1ccccc1)CO2. The summed E-state index contributed by atoms with van der Waals surface area (Å²) < 4.78 is 5.85. The first-order valence-electron chi connectivity index (χ1n) is 7.97. The third kappa shape index (κ3) is 2.76. The van der Waals surface area contributed by atoms with Crippen molar-refractivity contribution in [2.75, 3.05) is 11.6 Å². The molecular weight excluding hydrogens is 298 g/mol. The second-order valence-electron chi connectivity index (χ2n) is 5.82. The fourth-order valence-corrected chi connectivity index (χ4v) is 2.94. The maximum absolute atomic E-state index is 12.6. The van der Waals surface area contributed by atoms with Crippen LogP contribution in [0, 0.1) is 0 Å². The summed E-state index contributed by atoms with van der Waals surface area (Å²) in [5, 5.41) is 0. The van der Waals surface area contributed by atoms with E-state index in [1.165, 1.54) is 0 Å². The van der Waals surface area contributed by atoms with Crippen LogP contribution in [-0.4, -0.2) is 12.5 Å². The van der Waals surface area contributed by atoms with Gasteiger partial charge in [-0.25, -0.2) is 0 Å². The highest BCUT2D eigenvalue weighted by atomic mass is 16.5. The molecule has 3 aromatic rings. The van der Waals surface area contributed by atoms with Crippen molar-refractivity contribution in [2.45, 2.75) is 6.54 Å². The predicted octanol–water partition coefficient (Wildman–Crippen LogP) is 4.27. The van der Waals surface area contributed by atoms with Crippen molar-refractivity contribution in [2.24, 2.45) is 0 Å². The molecular formula is C21H17NO2. The number of nitrogens with zero attached hydrogens (tertiary/aromatic N) is 1. The second kappa shape index (κ2) is 6.20. The number of ether oxygens (including phenoxy) is 1. The first kappa shape index (κ1) is 14.5. The number of ketones is 1. The minimum absolute atomic E-state index is 0.0373. The lowest BCUT2D eigenvalue weighted by atomic mass is 10.00. The summed E-state index contributed by atoms with van der Waals surface area (Å²) in [6.07, 6.45) is 0. The molecule has 1 aliphatic rings. The zero-order valence-corrected chi connectivity index (χ0v) is 13.2. The van der Waals surface area contributed by atoms with Crippen molar-refractivity contribution < 1.29 is 9.53 Å². The topological polar surface area (TPSA) is 29.5 Å². The molecule has 0 spiro atoms. The maximum Gasteiger partial charge on any atom is 0.193 e. The first-order chi connectivity index (χ1) is 11.8. The van der Waals surface area contributed by atoms with Crippen molar-refractivity contribution >= 4 is 11.5 Å². The lowest BCUT2D eigenvalue weighted by molar-refractivity contribution is 0.103. The van der Waals surface area contributed by atoms with E-state index in [9.17, 15) is 4.79 Å². The van der Waals surface area contributed by atoms with Crippen LogP contribution in [-0.2, 0) is 6.54 Å². The fourth-order valence-electron chi connectivity index (χ4n) is 2.94. The lowest BCUT2D eigenvalue weighted by Gasteiger charge is -2.31. The highest BCUT2D eigenvalue weighted by Gasteiger charge is 2.19. The van der Waals surface area contributed by atoms with Crippen LogP contribution in [0.2, 0.25) is 0 Å². The molecule has 0 unspecified atom stereocenters. The zero-order valence-electron chi connectivity index (χ0n) is 13.2. The van der Waals surface area contributed by atoms with Crippen molar-refractivity contribution in [1.82, 2.24) is 0 Å². The monoisotopic (exact) mass is 315 g/mol. The molecule has 3 nitrogen and oxygen atoms in total. The van der Waals surface area contributed by atoms with Crippen LogP contribution in [0.15, 0.2) is 78.9 Å². The Labute approximate surface area is 141 Å². The van der Waals surface area contributed by atoms with Crippen molar-refractivity contribution in [3.05, 3.63) is 95.6 Å². The minimum atomic E-state index is 0.0373. The highest BCUT2D eigenvalue weighted by Crippen LogP contribution is 2.29.